The molecular weight excluding hydrogens is 297 g/mol. The summed E-state index contributed by atoms with van der Waals surface area (Å²) in [7, 11) is 1.65. The lowest BCUT2D eigenvalue weighted by molar-refractivity contribution is -0.274. The molecule has 0 radical (unpaired) electrons. The Kier molecular flexibility index (Phi) is 4.95. The van der Waals surface area contributed by atoms with Crippen molar-refractivity contribution in [3.8, 4) is 5.75 Å². The Morgan fingerprint density at radius 2 is 2.14 bits per heavy atom. The SMILES string of the molecule is CC(C(=O)N(C)Cc1cccc(OC(F)(F)F)c1)C1CNC1. The first kappa shape index (κ1) is 16.6. The van der Waals surface area contributed by atoms with Crippen LogP contribution in [-0.4, -0.2) is 37.3 Å². The van der Waals surface area contributed by atoms with Crippen LogP contribution in [0.2, 0.25) is 0 Å². The Hall–Kier alpha value is -1.76. The zero-order chi connectivity index (χ0) is 16.3. The molecule has 22 heavy (non-hydrogen) atoms. The molecule has 1 amide bonds. The third kappa shape index (κ3) is 4.37. The molecule has 0 saturated carbocycles. The summed E-state index contributed by atoms with van der Waals surface area (Å²) in [5.41, 5.74) is 0.594. The average molecular weight is 316 g/mol. The maximum Gasteiger partial charge on any atom is 0.573 e. The van der Waals surface area contributed by atoms with Crippen molar-refractivity contribution < 1.29 is 22.7 Å². The number of amides is 1. The summed E-state index contributed by atoms with van der Waals surface area (Å²) in [6, 6.07) is 5.69. The number of hydrogen-bond donors (Lipinski definition) is 1. The minimum absolute atomic E-state index is 0.00589. The standard InChI is InChI=1S/C15H19F3N2O2/c1-10(12-7-19-8-12)14(21)20(2)9-11-4-3-5-13(6-11)22-15(16,17)18/h3-6,10,12,19H,7-9H2,1-2H3. The second-order valence-corrected chi connectivity index (χ2v) is 5.60. The molecule has 1 unspecified atom stereocenters. The zero-order valence-corrected chi connectivity index (χ0v) is 12.5. The number of benzene rings is 1. The number of nitrogens with one attached hydrogen (secondary N) is 1. The number of carbonyl (C=O) groups is 1. The second kappa shape index (κ2) is 6.56. The molecule has 7 heteroatoms. The molecule has 0 bridgehead atoms. The summed E-state index contributed by atoms with van der Waals surface area (Å²) >= 11 is 0. The van der Waals surface area contributed by atoms with Crippen LogP contribution in [-0.2, 0) is 11.3 Å². The molecule has 1 atom stereocenters. The molecule has 0 spiro atoms. The molecule has 1 aromatic rings. The van der Waals surface area contributed by atoms with Gasteiger partial charge in [0.05, 0.1) is 0 Å². The fourth-order valence-electron chi connectivity index (χ4n) is 2.41. The molecule has 1 saturated heterocycles. The van der Waals surface area contributed by atoms with E-state index in [1.807, 2.05) is 6.92 Å². The van der Waals surface area contributed by atoms with Crippen molar-refractivity contribution in [2.24, 2.45) is 11.8 Å². The van der Waals surface area contributed by atoms with Crippen LogP contribution in [0.3, 0.4) is 0 Å². The summed E-state index contributed by atoms with van der Waals surface area (Å²) in [6.07, 6.45) is -4.72. The van der Waals surface area contributed by atoms with Crippen molar-refractivity contribution in [3.05, 3.63) is 29.8 Å². The third-order valence-corrected chi connectivity index (χ3v) is 3.84. The largest absolute Gasteiger partial charge is 0.573 e. The van der Waals surface area contributed by atoms with Gasteiger partial charge in [-0.3, -0.25) is 4.79 Å². The van der Waals surface area contributed by atoms with Gasteiger partial charge in [0.2, 0.25) is 5.91 Å². The maximum atomic E-state index is 12.3. The van der Waals surface area contributed by atoms with Gasteiger partial charge >= 0.3 is 6.36 Å². The molecule has 122 valence electrons. The van der Waals surface area contributed by atoms with Crippen LogP contribution in [0.15, 0.2) is 24.3 Å². The normalized spacial score (nSPS) is 16.8. The molecule has 1 heterocycles. The Balaban J connectivity index is 1.97. The van der Waals surface area contributed by atoms with E-state index >= 15 is 0 Å². The van der Waals surface area contributed by atoms with Crippen molar-refractivity contribution in [3.63, 3.8) is 0 Å². The highest BCUT2D eigenvalue weighted by Gasteiger charge is 2.32. The number of hydrogen-bond acceptors (Lipinski definition) is 3. The van der Waals surface area contributed by atoms with Crippen molar-refractivity contribution in [1.29, 1.82) is 0 Å². The van der Waals surface area contributed by atoms with Crippen molar-refractivity contribution in [1.82, 2.24) is 10.2 Å². The molecule has 1 aliphatic rings. The Morgan fingerprint density at radius 1 is 1.45 bits per heavy atom. The molecule has 0 aliphatic carbocycles. The van der Waals surface area contributed by atoms with Crippen LogP contribution in [0, 0.1) is 11.8 Å². The minimum Gasteiger partial charge on any atom is -0.406 e. The summed E-state index contributed by atoms with van der Waals surface area (Å²) in [5.74, 6) is -0.0496. The molecule has 4 nitrogen and oxygen atoms in total. The van der Waals surface area contributed by atoms with Crippen LogP contribution in [0.1, 0.15) is 12.5 Å². The fourth-order valence-corrected chi connectivity index (χ4v) is 2.41. The van der Waals surface area contributed by atoms with Gasteiger partial charge in [0, 0.05) is 19.5 Å². The minimum atomic E-state index is -4.72. The van der Waals surface area contributed by atoms with Gasteiger partial charge in [-0.2, -0.15) is 0 Å². The zero-order valence-electron chi connectivity index (χ0n) is 12.5. The first-order valence-electron chi connectivity index (χ1n) is 7.06. The topological polar surface area (TPSA) is 41.6 Å². The summed E-state index contributed by atoms with van der Waals surface area (Å²) in [4.78, 5) is 13.8. The van der Waals surface area contributed by atoms with Crippen LogP contribution < -0.4 is 10.1 Å². The molecule has 1 fully saturated rings. The van der Waals surface area contributed by atoms with Crippen LogP contribution in [0.4, 0.5) is 13.2 Å². The van der Waals surface area contributed by atoms with E-state index in [0.717, 1.165) is 13.1 Å². The predicted octanol–water partition coefficient (Wildman–Crippen LogP) is 2.40. The molecule has 1 aromatic carbocycles. The molecule has 2 rings (SSSR count). The van der Waals surface area contributed by atoms with Crippen molar-refractivity contribution >= 4 is 5.91 Å². The van der Waals surface area contributed by atoms with E-state index in [9.17, 15) is 18.0 Å². The summed E-state index contributed by atoms with van der Waals surface area (Å²) in [6.45, 7) is 3.79. The van der Waals surface area contributed by atoms with Crippen molar-refractivity contribution in [2.45, 2.75) is 19.8 Å². The van der Waals surface area contributed by atoms with Crippen molar-refractivity contribution in [2.75, 3.05) is 20.1 Å². The van der Waals surface area contributed by atoms with Crippen LogP contribution in [0.5, 0.6) is 5.75 Å². The predicted molar refractivity (Wildman–Crippen MR) is 75.1 cm³/mol. The highest BCUT2D eigenvalue weighted by molar-refractivity contribution is 5.78. The van der Waals surface area contributed by atoms with Gasteiger partial charge in [-0.15, -0.1) is 13.2 Å². The van der Waals surface area contributed by atoms with Gasteiger partial charge in [-0.25, -0.2) is 0 Å². The Bertz CT molecular complexity index is 530. The van der Waals surface area contributed by atoms with Gasteiger partial charge in [0.25, 0.3) is 0 Å². The van der Waals surface area contributed by atoms with E-state index in [2.05, 4.69) is 10.1 Å². The number of rotatable bonds is 5. The van der Waals surface area contributed by atoms with E-state index < -0.39 is 6.36 Å². The molecule has 1 aliphatic heterocycles. The molecule has 0 aromatic heterocycles. The Morgan fingerprint density at radius 3 is 2.68 bits per heavy atom. The van der Waals surface area contributed by atoms with Gasteiger partial charge in [0.1, 0.15) is 5.75 Å². The first-order chi connectivity index (χ1) is 10.3. The van der Waals surface area contributed by atoms with E-state index in [1.54, 1.807) is 13.1 Å². The number of carbonyl (C=O) groups excluding carboxylic acids is 1. The van der Waals surface area contributed by atoms with Gasteiger partial charge in [-0.05, 0) is 36.7 Å². The molecule has 1 N–H and O–H groups in total. The fraction of sp³-hybridized carbons (Fsp3) is 0.533. The second-order valence-electron chi connectivity index (χ2n) is 5.60. The Labute approximate surface area is 127 Å². The lowest BCUT2D eigenvalue weighted by atomic mass is 9.88. The number of alkyl halides is 3. The third-order valence-electron chi connectivity index (χ3n) is 3.84. The lowest BCUT2D eigenvalue weighted by Crippen LogP contribution is -2.49. The quantitative estimate of drug-likeness (QED) is 0.907. The van der Waals surface area contributed by atoms with Gasteiger partial charge in [-0.1, -0.05) is 19.1 Å². The summed E-state index contributed by atoms with van der Waals surface area (Å²) in [5, 5.41) is 3.12. The van der Waals surface area contributed by atoms with E-state index in [4.69, 9.17) is 0 Å². The summed E-state index contributed by atoms with van der Waals surface area (Å²) < 4.78 is 40.5. The first-order valence-corrected chi connectivity index (χ1v) is 7.06. The van der Waals surface area contributed by atoms with Gasteiger partial charge < -0.3 is 15.0 Å². The maximum absolute atomic E-state index is 12.3. The number of nitrogens with zero attached hydrogens (tertiary/aromatic N) is 1. The average Bonchev–Trinajstić information content (AvgIpc) is 2.33. The van der Waals surface area contributed by atoms with E-state index in [1.165, 1.54) is 23.1 Å². The van der Waals surface area contributed by atoms with E-state index in [0.29, 0.717) is 11.5 Å². The number of halogens is 3. The monoisotopic (exact) mass is 316 g/mol. The smallest absolute Gasteiger partial charge is 0.406 e. The van der Waals surface area contributed by atoms with Gasteiger partial charge in [0.15, 0.2) is 0 Å². The highest BCUT2D eigenvalue weighted by atomic mass is 19.4. The highest BCUT2D eigenvalue weighted by Crippen LogP contribution is 2.24. The van der Waals surface area contributed by atoms with Crippen LogP contribution in [0.25, 0.3) is 0 Å². The lowest BCUT2D eigenvalue weighted by Gasteiger charge is -2.34. The van der Waals surface area contributed by atoms with Crippen LogP contribution >= 0.6 is 0 Å². The number of ether oxygens (including phenoxy) is 1. The van der Waals surface area contributed by atoms with E-state index in [-0.39, 0.29) is 24.1 Å². The molecular formula is C15H19F3N2O2.